The molecule has 1 aromatic rings. The van der Waals surface area contributed by atoms with E-state index in [1.165, 1.54) is 0 Å². The molecule has 1 aromatic carbocycles. The summed E-state index contributed by atoms with van der Waals surface area (Å²) in [6.07, 6.45) is 4.67. The number of aliphatic hydroxyl groups is 1. The SMILES string of the molecule is C=CCc1cc(OCCOC)ccc1OCC1(O)CN2CCC1CC2.[B]. The summed E-state index contributed by atoms with van der Waals surface area (Å²) >= 11 is 0. The maximum absolute atomic E-state index is 11.0. The molecule has 3 radical (unpaired) electrons. The predicted molar refractivity (Wildman–Crippen MR) is 103 cm³/mol. The van der Waals surface area contributed by atoms with Gasteiger partial charge >= 0.3 is 0 Å². The number of benzene rings is 1. The highest BCUT2D eigenvalue weighted by Gasteiger charge is 2.46. The highest BCUT2D eigenvalue weighted by molar-refractivity contribution is 5.75. The van der Waals surface area contributed by atoms with Crippen LogP contribution in [0.15, 0.2) is 30.9 Å². The number of nitrogens with zero attached hydrogens (tertiary/aromatic N) is 1. The molecule has 0 aliphatic carbocycles. The lowest BCUT2D eigenvalue weighted by atomic mass is 9.76. The van der Waals surface area contributed by atoms with Crippen molar-refractivity contribution < 1.29 is 19.3 Å². The molecule has 3 heterocycles. The van der Waals surface area contributed by atoms with Crippen LogP contribution in [-0.2, 0) is 11.2 Å². The normalized spacial score (nSPS) is 26.8. The Morgan fingerprint density at radius 1 is 1.27 bits per heavy atom. The maximum atomic E-state index is 11.0. The number of piperidine rings is 3. The summed E-state index contributed by atoms with van der Waals surface area (Å²) in [6.45, 7) is 8.14. The number of ether oxygens (including phenoxy) is 3. The number of allylic oxidation sites excluding steroid dienone is 1. The molecule has 1 N–H and O–H groups in total. The molecule has 1 unspecified atom stereocenters. The zero-order valence-electron chi connectivity index (χ0n) is 15.7. The third-order valence-electron chi connectivity index (χ3n) is 5.27. The second-order valence-electron chi connectivity index (χ2n) is 7.05. The van der Waals surface area contributed by atoms with Crippen LogP contribution in [0.3, 0.4) is 0 Å². The molecule has 4 rings (SSSR count). The van der Waals surface area contributed by atoms with Crippen molar-refractivity contribution >= 4 is 8.41 Å². The van der Waals surface area contributed by atoms with Crippen molar-refractivity contribution in [3.05, 3.63) is 36.4 Å². The molecule has 26 heavy (non-hydrogen) atoms. The molecule has 0 spiro atoms. The lowest BCUT2D eigenvalue weighted by molar-refractivity contribution is -0.131. The van der Waals surface area contributed by atoms with Crippen LogP contribution in [0, 0.1) is 5.92 Å². The number of methoxy groups -OCH3 is 1. The Labute approximate surface area is 158 Å². The standard InChI is InChI=1S/C20H29NO4.B/c1-3-4-16-13-18(24-12-11-23-2)5-6-19(16)25-15-20(22)14-21-9-7-17(20)8-10-21;/h3,5-6,13,17,22H,1,4,7-12,14-15H2,2H3;. The van der Waals surface area contributed by atoms with Crippen molar-refractivity contribution in [3.8, 4) is 11.5 Å². The van der Waals surface area contributed by atoms with Crippen LogP contribution in [0.4, 0.5) is 0 Å². The first-order valence-electron chi connectivity index (χ1n) is 9.08. The molecule has 3 fully saturated rings. The smallest absolute Gasteiger partial charge is 0.123 e. The molecule has 0 aromatic heterocycles. The first kappa shape index (κ1) is 20.8. The first-order chi connectivity index (χ1) is 12.1. The van der Waals surface area contributed by atoms with Gasteiger partial charge in [0.2, 0.25) is 0 Å². The van der Waals surface area contributed by atoms with Gasteiger partial charge in [-0.05, 0) is 56.5 Å². The summed E-state index contributed by atoms with van der Waals surface area (Å²) in [5.74, 6) is 1.93. The van der Waals surface area contributed by atoms with Crippen LogP contribution in [0.2, 0.25) is 0 Å². The summed E-state index contributed by atoms with van der Waals surface area (Å²) in [5, 5.41) is 11.0. The minimum absolute atomic E-state index is 0. The Morgan fingerprint density at radius 2 is 2.04 bits per heavy atom. The summed E-state index contributed by atoms with van der Waals surface area (Å²) in [6, 6.07) is 5.80. The van der Waals surface area contributed by atoms with E-state index in [0.29, 0.717) is 38.7 Å². The third-order valence-corrected chi connectivity index (χ3v) is 5.27. The molecule has 3 saturated heterocycles. The second kappa shape index (κ2) is 9.44. The fraction of sp³-hybridized carbons (Fsp3) is 0.600. The Balaban J connectivity index is 0.00000243. The van der Waals surface area contributed by atoms with E-state index in [-0.39, 0.29) is 8.41 Å². The summed E-state index contributed by atoms with van der Waals surface area (Å²) < 4.78 is 16.7. The number of hydrogen-bond acceptors (Lipinski definition) is 5. The highest BCUT2D eigenvalue weighted by Crippen LogP contribution is 2.36. The van der Waals surface area contributed by atoms with Crippen molar-refractivity contribution in [3.63, 3.8) is 0 Å². The van der Waals surface area contributed by atoms with Gasteiger partial charge in [0.1, 0.15) is 30.3 Å². The van der Waals surface area contributed by atoms with Crippen molar-refractivity contribution in [1.29, 1.82) is 0 Å². The van der Waals surface area contributed by atoms with Crippen molar-refractivity contribution in [2.24, 2.45) is 5.92 Å². The van der Waals surface area contributed by atoms with Crippen LogP contribution in [-0.4, -0.2) is 70.6 Å². The molecule has 3 aliphatic heterocycles. The van der Waals surface area contributed by atoms with Gasteiger partial charge in [0.25, 0.3) is 0 Å². The van der Waals surface area contributed by atoms with Crippen molar-refractivity contribution in [2.45, 2.75) is 24.9 Å². The minimum atomic E-state index is -0.740. The van der Waals surface area contributed by atoms with Crippen LogP contribution in [0.5, 0.6) is 11.5 Å². The highest BCUT2D eigenvalue weighted by atomic mass is 16.5. The van der Waals surface area contributed by atoms with E-state index in [1.54, 1.807) is 7.11 Å². The minimum Gasteiger partial charge on any atom is -0.491 e. The average molecular weight is 358 g/mol. The Morgan fingerprint density at radius 3 is 2.65 bits per heavy atom. The van der Waals surface area contributed by atoms with Gasteiger partial charge in [-0.1, -0.05) is 6.08 Å². The lowest BCUT2D eigenvalue weighted by Crippen LogP contribution is -2.61. The lowest BCUT2D eigenvalue weighted by Gasteiger charge is -2.50. The molecule has 5 nitrogen and oxygen atoms in total. The number of rotatable bonds is 9. The first-order valence-corrected chi connectivity index (χ1v) is 9.08. The van der Waals surface area contributed by atoms with Gasteiger partial charge in [-0.3, -0.25) is 0 Å². The molecule has 1 atom stereocenters. The molecular weight excluding hydrogens is 329 g/mol. The molecule has 141 valence electrons. The van der Waals surface area contributed by atoms with E-state index in [0.717, 1.165) is 43.0 Å². The van der Waals surface area contributed by atoms with E-state index in [1.807, 2.05) is 24.3 Å². The predicted octanol–water partition coefficient (Wildman–Crippen LogP) is 1.90. The molecule has 3 aliphatic rings. The number of hydrogen-bond donors (Lipinski definition) is 1. The van der Waals surface area contributed by atoms with Gasteiger partial charge in [-0.2, -0.15) is 0 Å². The van der Waals surface area contributed by atoms with Gasteiger partial charge in [-0.25, -0.2) is 0 Å². The second-order valence-corrected chi connectivity index (χ2v) is 7.05. The maximum Gasteiger partial charge on any atom is 0.123 e. The average Bonchev–Trinajstić information content (AvgIpc) is 2.62. The summed E-state index contributed by atoms with van der Waals surface area (Å²) in [4.78, 5) is 2.33. The van der Waals surface area contributed by atoms with E-state index in [9.17, 15) is 5.11 Å². The van der Waals surface area contributed by atoms with E-state index >= 15 is 0 Å². The zero-order valence-corrected chi connectivity index (χ0v) is 15.7. The molecule has 6 heteroatoms. The van der Waals surface area contributed by atoms with Crippen molar-refractivity contribution in [1.82, 2.24) is 4.90 Å². The van der Waals surface area contributed by atoms with Gasteiger partial charge in [-0.15, -0.1) is 6.58 Å². The molecule has 0 amide bonds. The topological polar surface area (TPSA) is 51.2 Å². The largest absolute Gasteiger partial charge is 0.491 e. The van der Waals surface area contributed by atoms with Gasteiger partial charge in [0.15, 0.2) is 0 Å². The molecular formula is C20H29BNO4. The molecule has 0 saturated carbocycles. The van der Waals surface area contributed by atoms with Crippen LogP contribution >= 0.6 is 0 Å². The summed E-state index contributed by atoms with van der Waals surface area (Å²) in [5.41, 5.74) is 0.282. The Hall–Kier alpha value is -1.50. The van der Waals surface area contributed by atoms with E-state index in [4.69, 9.17) is 14.2 Å². The monoisotopic (exact) mass is 358 g/mol. The van der Waals surface area contributed by atoms with Crippen LogP contribution < -0.4 is 9.47 Å². The van der Waals surface area contributed by atoms with Crippen LogP contribution in [0.25, 0.3) is 0 Å². The van der Waals surface area contributed by atoms with Gasteiger partial charge in [0, 0.05) is 27.6 Å². The fourth-order valence-electron chi connectivity index (χ4n) is 3.86. The molecule has 2 bridgehead atoms. The Bertz CT molecular complexity index is 589. The fourth-order valence-corrected chi connectivity index (χ4v) is 3.86. The zero-order chi connectivity index (χ0) is 17.7. The van der Waals surface area contributed by atoms with E-state index in [2.05, 4.69) is 11.5 Å². The van der Waals surface area contributed by atoms with E-state index < -0.39 is 5.60 Å². The Kier molecular flexibility index (Phi) is 7.56. The van der Waals surface area contributed by atoms with Crippen molar-refractivity contribution in [2.75, 3.05) is 46.6 Å². The van der Waals surface area contributed by atoms with Gasteiger partial charge in [0.05, 0.1) is 6.61 Å². The number of fused-ring (bicyclic) bond motifs is 3. The third kappa shape index (κ3) is 4.81. The van der Waals surface area contributed by atoms with Crippen LogP contribution in [0.1, 0.15) is 18.4 Å². The summed E-state index contributed by atoms with van der Waals surface area (Å²) in [7, 11) is 1.66. The van der Waals surface area contributed by atoms with Gasteiger partial charge < -0.3 is 24.2 Å². The quantitative estimate of drug-likeness (QED) is 0.415.